The number of carbonyl (C=O) groups is 2. The Bertz CT molecular complexity index is 1260. The van der Waals surface area contributed by atoms with Crippen LogP contribution in [-0.4, -0.2) is 102 Å². The van der Waals surface area contributed by atoms with E-state index in [1.54, 1.807) is 22.7 Å². The third kappa shape index (κ3) is 5.65. The summed E-state index contributed by atoms with van der Waals surface area (Å²) >= 11 is 1.54. The molecule has 1 aromatic carbocycles. The average molecular weight is 597 g/mol. The second-order valence-electron chi connectivity index (χ2n) is 12.4. The number of nitriles is 1. The molecule has 4 aliphatic heterocycles. The van der Waals surface area contributed by atoms with Crippen molar-refractivity contribution in [2.24, 2.45) is 5.92 Å². The summed E-state index contributed by atoms with van der Waals surface area (Å²) in [7, 11) is 2.12. The van der Waals surface area contributed by atoms with Gasteiger partial charge in [0.15, 0.2) is 12.1 Å². The smallest absolute Gasteiger partial charge is 0.246 e. The van der Waals surface area contributed by atoms with Crippen LogP contribution in [0.3, 0.4) is 0 Å². The van der Waals surface area contributed by atoms with E-state index in [1.165, 1.54) is 12.1 Å². The van der Waals surface area contributed by atoms with E-state index in [1.807, 2.05) is 6.07 Å². The van der Waals surface area contributed by atoms with Crippen molar-refractivity contribution in [3.63, 3.8) is 0 Å². The third-order valence-electron chi connectivity index (χ3n) is 10.1. The number of piperazine rings is 1. The first-order chi connectivity index (χ1) is 20.3. The molecule has 7 atom stereocenters. The molecule has 9 nitrogen and oxygen atoms in total. The van der Waals surface area contributed by atoms with E-state index in [-0.39, 0.29) is 42.1 Å². The summed E-state index contributed by atoms with van der Waals surface area (Å²) in [4.78, 5) is 34.2. The molecule has 3 saturated heterocycles. The average Bonchev–Trinajstić information content (AvgIpc) is 3.41. The number of rotatable bonds is 6. The predicted molar refractivity (Wildman–Crippen MR) is 158 cm³/mol. The Balaban J connectivity index is 1.24. The zero-order valence-electron chi connectivity index (χ0n) is 24.3. The molecule has 1 saturated carbocycles. The van der Waals surface area contributed by atoms with Gasteiger partial charge in [-0.05, 0) is 75.9 Å². The van der Waals surface area contributed by atoms with E-state index in [9.17, 15) is 19.2 Å². The van der Waals surface area contributed by atoms with Gasteiger partial charge < -0.3 is 14.5 Å². The molecule has 4 fully saturated rings. The second kappa shape index (κ2) is 12.3. The predicted octanol–water partition coefficient (Wildman–Crippen LogP) is 2.48. The molecule has 1 aliphatic carbocycles. The van der Waals surface area contributed by atoms with Gasteiger partial charge in [-0.2, -0.15) is 5.26 Å². The zero-order valence-corrected chi connectivity index (χ0v) is 25.1. The molecule has 1 aromatic rings. The van der Waals surface area contributed by atoms with Crippen molar-refractivity contribution in [3.05, 3.63) is 42.2 Å². The van der Waals surface area contributed by atoms with Gasteiger partial charge in [-0.25, -0.2) is 4.39 Å². The van der Waals surface area contributed by atoms with Crippen LogP contribution in [0.1, 0.15) is 44.1 Å². The second-order valence-corrected chi connectivity index (χ2v) is 13.8. The number of Topliss-reactive ketones (excluding diaryl/α,β-unsaturated/α-hetero) is 1. The van der Waals surface area contributed by atoms with E-state index < -0.39 is 17.1 Å². The number of ether oxygens (including phenoxy) is 1. The Morgan fingerprint density at radius 3 is 2.88 bits per heavy atom. The molecule has 5 aliphatic rings. The molecule has 6 rings (SSSR count). The molecular formula is C31H41FN6O3S. The number of likely N-dealkylation sites (tertiary alicyclic amines) is 1. The van der Waals surface area contributed by atoms with E-state index in [0.717, 1.165) is 55.5 Å². The van der Waals surface area contributed by atoms with Crippen LogP contribution in [0.2, 0.25) is 0 Å². The highest BCUT2D eigenvalue weighted by Crippen LogP contribution is 2.51. The fourth-order valence-electron chi connectivity index (χ4n) is 7.66. The van der Waals surface area contributed by atoms with Crippen molar-refractivity contribution < 1.29 is 18.7 Å². The topological polar surface area (TPSA) is 101 Å². The van der Waals surface area contributed by atoms with E-state index in [2.05, 4.69) is 40.1 Å². The first kappa shape index (κ1) is 29.7. The van der Waals surface area contributed by atoms with E-state index >= 15 is 0 Å². The highest BCUT2D eigenvalue weighted by Gasteiger charge is 2.55. The molecule has 1 amide bonds. The zero-order chi connectivity index (χ0) is 29.4. The van der Waals surface area contributed by atoms with Gasteiger partial charge in [0, 0.05) is 36.5 Å². The molecule has 1 spiro atoms. The Morgan fingerprint density at radius 2 is 2.12 bits per heavy atom. The lowest BCUT2D eigenvalue weighted by molar-refractivity contribution is -0.145. The molecule has 226 valence electrons. The lowest BCUT2D eigenvalue weighted by Gasteiger charge is -2.55. The number of nitrogens with zero attached hydrogens (tertiary/aromatic N) is 4. The lowest BCUT2D eigenvalue weighted by Crippen LogP contribution is -2.75. The van der Waals surface area contributed by atoms with Crippen LogP contribution in [0, 0.1) is 23.1 Å². The molecule has 0 radical (unpaired) electrons. The van der Waals surface area contributed by atoms with Crippen LogP contribution in [0.4, 0.5) is 4.39 Å². The van der Waals surface area contributed by atoms with Gasteiger partial charge in [-0.1, -0.05) is 12.6 Å². The molecule has 0 bridgehead atoms. The van der Waals surface area contributed by atoms with Crippen LogP contribution in [-0.2, 0) is 20.7 Å². The summed E-state index contributed by atoms with van der Waals surface area (Å²) in [6, 6.07) is 6.84. The minimum Gasteiger partial charge on any atom is -0.348 e. The number of hydrogen-bond donors (Lipinski definition) is 2. The summed E-state index contributed by atoms with van der Waals surface area (Å²) in [5.74, 6) is -0.263. The molecule has 6 unspecified atom stereocenters. The number of fused-ring (bicyclic) bond motifs is 2. The Kier molecular flexibility index (Phi) is 8.74. The van der Waals surface area contributed by atoms with Gasteiger partial charge in [-0.15, -0.1) is 11.8 Å². The Labute approximate surface area is 251 Å². The summed E-state index contributed by atoms with van der Waals surface area (Å²) in [5, 5.41) is 16.7. The monoisotopic (exact) mass is 596 g/mol. The summed E-state index contributed by atoms with van der Waals surface area (Å²) in [5.41, 5.74) is 1.11. The van der Waals surface area contributed by atoms with E-state index in [4.69, 9.17) is 4.74 Å². The largest absolute Gasteiger partial charge is 0.348 e. The van der Waals surface area contributed by atoms with Gasteiger partial charge in [0.2, 0.25) is 5.91 Å². The van der Waals surface area contributed by atoms with Crippen LogP contribution in [0.15, 0.2) is 35.7 Å². The number of likely N-dealkylation sites (N-methyl/N-ethyl adjacent to an activating group) is 1. The molecular weight excluding hydrogens is 555 g/mol. The number of aryl methyl sites for hydroxylation is 1. The summed E-state index contributed by atoms with van der Waals surface area (Å²) in [6.45, 7) is 6.91. The number of hydrogen-bond acceptors (Lipinski definition) is 9. The number of halogens is 1. The Morgan fingerprint density at radius 1 is 1.26 bits per heavy atom. The van der Waals surface area contributed by atoms with Gasteiger partial charge in [0.1, 0.15) is 5.82 Å². The maximum atomic E-state index is 14.5. The van der Waals surface area contributed by atoms with E-state index in [0.29, 0.717) is 32.3 Å². The van der Waals surface area contributed by atoms with Crippen LogP contribution in [0.25, 0.3) is 0 Å². The highest BCUT2D eigenvalue weighted by molar-refractivity contribution is 8.01. The summed E-state index contributed by atoms with van der Waals surface area (Å²) in [6.07, 6.45) is 6.17. The first-order valence-electron chi connectivity index (χ1n) is 15.2. The van der Waals surface area contributed by atoms with Crippen molar-refractivity contribution in [1.29, 1.82) is 5.26 Å². The molecule has 42 heavy (non-hydrogen) atoms. The highest BCUT2D eigenvalue weighted by atomic mass is 32.2. The quantitative estimate of drug-likeness (QED) is 0.480. The minimum atomic E-state index is -0.592. The third-order valence-corrected chi connectivity index (χ3v) is 11.7. The number of nitrogens with one attached hydrogen (secondary N) is 2. The van der Waals surface area contributed by atoms with Crippen LogP contribution in [0.5, 0.6) is 0 Å². The van der Waals surface area contributed by atoms with Crippen molar-refractivity contribution >= 4 is 23.5 Å². The standard InChI is InChI=1S/C31H41FN6O3S/c1-3-26(39)38-16-15-37(18-22(38)10-13-33)29-24-9-12-31(11-8-20-6-7-21(32)17-25(20)42-31)28(40)27(24)34-30(35-29)41-19-23-5-4-14-36(23)2/h3,6-7,17,22-24,27,29-30,34-35H,1,4-5,8-12,14-16,18-19H2,2H3/t22?,23?,24?,27?,29?,30?,31-/m0/s1. The van der Waals surface area contributed by atoms with Gasteiger partial charge in [0.05, 0.1) is 42.1 Å². The first-order valence-corrected chi connectivity index (χ1v) is 16.0. The van der Waals surface area contributed by atoms with Crippen molar-refractivity contribution in [1.82, 2.24) is 25.3 Å². The van der Waals surface area contributed by atoms with Crippen LogP contribution < -0.4 is 10.6 Å². The lowest BCUT2D eigenvalue weighted by atomic mass is 9.72. The fraction of sp³-hybridized carbons (Fsp3) is 0.645. The van der Waals surface area contributed by atoms with Gasteiger partial charge in [0.25, 0.3) is 0 Å². The number of thioether (sulfide) groups is 1. The van der Waals surface area contributed by atoms with Gasteiger partial charge in [-0.3, -0.25) is 25.1 Å². The van der Waals surface area contributed by atoms with Crippen molar-refractivity contribution in [3.8, 4) is 6.07 Å². The summed E-state index contributed by atoms with van der Waals surface area (Å²) < 4.78 is 20.0. The number of amides is 1. The minimum absolute atomic E-state index is 0.00368. The maximum Gasteiger partial charge on any atom is 0.246 e. The molecule has 4 heterocycles. The Hall–Kier alpha value is -2.33. The maximum absolute atomic E-state index is 14.5. The SMILES string of the molecule is C=CC(=O)N1CCN(C2NC(OCC3CCCN3C)NC3C(=O)[C@]4(CCc5ccc(F)cc5S4)CCC32)CC1CC#N. The van der Waals surface area contributed by atoms with Crippen LogP contribution >= 0.6 is 11.8 Å². The number of ketones is 1. The normalized spacial score (nSPS) is 35.5. The fourth-order valence-corrected chi connectivity index (χ4v) is 9.21. The van der Waals surface area contributed by atoms with Crippen molar-refractivity contribution in [2.45, 2.75) is 85.2 Å². The number of benzene rings is 1. The van der Waals surface area contributed by atoms with Gasteiger partial charge >= 0.3 is 0 Å². The van der Waals surface area contributed by atoms with Crippen molar-refractivity contribution in [2.75, 3.05) is 39.8 Å². The molecule has 0 aromatic heterocycles. The molecule has 2 N–H and O–H groups in total. The number of carbonyl (C=O) groups excluding carboxylic acids is 2. The molecule has 11 heteroatoms.